The van der Waals surface area contributed by atoms with E-state index in [9.17, 15) is 0 Å². The number of nitrogens with two attached hydrogens (primary N) is 1. The van der Waals surface area contributed by atoms with Gasteiger partial charge in [-0.15, -0.1) is 0 Å². The Kier molecular flexibility index (Phi) is 3.94. The van der Waals surface area contributed by atoms with Gasteiger partial charge in [0, 0.05) is 10.0 Å². The molecule has 0 aromatic heterocycles. The first kappa shape index (κ1) is 13.1. The molecule has 3 atom stereocenters. The van der Waals surface area contributed by atoms with Crippen LogP contribution in [0.25, 0.3) is 0 Å². The smallest absolute Gasteiger partial charge is 0.0221 e. The van der Waals surface area contributed by atoms with Crippen LogP contribution < -0.4 is 5.73 Å². The van der Waals surface area contributed by atoms with Gasteiger partial charge in [0.2, 0.25) is 0 Å². The van der Waals surface area contributed by atoms with Gasteiger partial charge in [0.1, 0.15) is 0 Å². The summed E-state index contributed by atoms with van der Waals surface area (Å²) in [6.07, 6.45) is 4.70. The molecule has 1 fully saturated rings. The molecule has 0 bridgehead atoms. The van der Waals surface area contributed by atoms with Crippen molar-refractivity contribution in [3.8, 4) is 0 Å². The fraction of sp³-hybridized carbons (Fsp3) is 0.600. The molecule has 1 aliphatic rings. The minimum Gasteiger partial charge on any atom is -0.325 e. The quantitative estimate of drug-likeness (QED) is 0.872. The molecule has 2 heteroatoms. The predicted octanol–water partition coefficient (Wildman–Crippen LogP) is 4.15. The molecule has 2 rings (SSSR count). The Hall–Kier alpha value is -0.340. The van der Waals surface area contributed by atoms with Crippen LogP contribution in [0.5, 0.6) is 0 Å². The van der Waals surface area contributed by atoms with Crippen LogP contribution in [0.3, 0.4) is 0 Å². The lowest BCUT2D eigenvalue weighted by molar-refractivity contribution is 0.163. The maximum atomic E-state index is 6.63. The second-order valence-corrected chi connectivity index (χ2v) is 6.74. The van der Waals surface area contributed by atoms with Crippen LogP contribution in [0, 0.1) is 11.8 Å². The molecule has 0 saturated heterocycles. The molecule has 2 N–H and O–H groups in total. The minimum atomic E-state index is -0.00664. The first-order chi connectivity index (χ1) is 7.99. The molecule has 0 aliphatic heterocycles. The Morgan fingerprint density at radius 2 is 2.18 bits per heavy atom. The van der Waals surface area contributed by atoms with E-state index in [1.807, 2.05) is 0 Å². The molecule has 1 saturated carbocycles. The Bertz CT molecular complexity index is 390. The molecule has 0 spiro atoms. The van der Waals surface area contributed by atoms with E-state index in [4.69, 9.17) is 5.73 Å². The molecule has 0 heterocycles. The van der Waals surface area contributed by atoms with Gasteiger partial charge >= 0.3 is 0 Å². The van der Waals surface area contributed by atoms with Crippen molar-refractivity contribution < 1.29 is 0 Å². The van der Waals surface area contributed by atoms with Crippen molar-refractivity contribution in [2.75, 3.05) is 0 Å². The van der Waals surface area contributed by atoms with Crippen LogP contribution in [0.15, 0.2) is 28.7 Å². The van der Waals surface area contributed by atoms with Crippen molar-refractivity contribution >= 4 is 15.9 Å². The third-order valence-electron chi connectivity index (χ3n) is 4.26. The predicted molar refractivity (Wildman–Crippen MR) is 76.9 cm³/mol. The zero-order chi connectivity index (χ0) is 12.5. The third-order valence-corrected chi connectivity index (χ3v) is 4.76. The summed E-state index contributed by atoms with van der Waals surface area (Å²) in [6.45, 7) is 4.66. The van der Waals surface area contributed by atoms with Gasteiger partial charge in [-0.2, -0.15) is 0 Å². The van der Waals surface area contributed by atoms with Gasteiger partial charge in [-0.3, -0.25) is 0 Å². The van der Waals surface area contributed by atoms with Crippen LogP contribution in [0.1, 0.15) is 38.7 Å². The summed E-state index contributed by atoms with van der Waals surface area (Å²) in [4.78, 5) is 0. The highest BCUT2D eigenvalue weighted by Crippen LogP contribution is 2.37. The van der Waals surface area contributed by atoms with Crippen molar-refractivity contribution in [3.63, 3.8) is 0 Å². The van der Waals surface area contributed by atoms with Gasteiger partial charge in [0.05, 0.1) is 0 Å². The number of rotatable bonds is 2. The Morgan fingerprint density at radius 1 is 1.41 bits per heavy atom. The molecule has 1 nitrogen and oxygen atoms in total. The van der Waals surface area contributed by atoms with Gasteiger partial charge in [0.25, 0.3) is 0 Å². The Balaban J connectivity index is 2.11. The van der Waals surface area contributed by atoms with E-state index in [1.54, 1.807) is 0 Å². The first-order valence-electron chi connectivity index (χ1n) is 6.53. The summed E-state index contributed by atoms with van der Waals surface area (Å²) in [5.41, 5.74) is 7.98. The molecule has 0 radical (unpaired) electrons. The fourth-order valence-electron chi connectivity index (χ4n) is 3.01. The lowest BCUT2D eigenvalue weighted by Gasteiger charge is -2.42. The lowest BCUT2D eigenvalue weighted by atomic mass is 9.68. The van der Waals surface area contributed by atoms with E-state index in [1.165, 1.54) is 18.4 Å². The summed E-state index contributed by atoms with van der Waals surface area (Å²) >= 11 is 3.53. The van der Waals surface area contributed by atoms with Gasteiger partial charge in [0.15, 0.2) is 0 Å². The molecular weight excluding hydrogens is 274 g/mol. The Morgan fingerprint density at radius 3 is 2.82 bits per heavy atom. The topological polar surface area (TPSA) is 26.0 Å². The van der Waals surface area contributed by atoms with Crippen molar-refractivity contribution in [2.24, 2.45) is 17.6 Å². The normalized spacial score (nSPS) is 33.6. The van der Waals surface area contributed by atoms with Gasteiger partial charge in [-0.25, -0.2) is 0 Å². The molecule has 1 aliphatic carbocycles. The summed E-state index contributed by atoms with van der Waals surface area (Å²) in [6, 6.07) is 8.54. The molecule has 17 heavy (non-hydrogen) atoms. The van der Waals surface area contributed by atoms with Crippen LogP contribution in [0.2, 0.25) is 0 Å². The van der Waals surface area contributed by atoms with Gasteiger partial charge < -0.3 is 5.73 Å². The summed E-state index contributed by atoms with van der Waals surface area (Å²) in [5.74, 6) is 1.45. The standard InChI is InChI=1S/C15H22BrN/c1-11-6-7-15(17,12(2)8-11)10-13-4-3-5-14(16)9-13/h3-5,9,11-12H,6-8,10,17H2,1-2H3. The lowest BCUT2D eigenvalue weighted by Crippen LogP contribution is -2.51. The van der Waals surface area contributed by atoms with Crippen molar-refractivity contribution in [2.45, 2.75) is 45.1 Å². The fourth-order valence-corrected chi connectivity index (χ4v) is 3.45. The summed E-state index contributed by atoms with van der Waals surface area (Å²) < 4.78 is 1.15. The second-order valence-electron chi connectivity index (χ2n) is 5.82. The zero-order valence-corrected chi connectivity index (χ0v) is 12.3. The van der Waals surface area contributed by atoms with Crippen LogP contribution in [0.4, 0.5) is 0 Å². The van der Waals surface area contributed by atoms with E-state index in [0.29, 0.717) is 5.92 Å². The highest BCUT2D eigenvalue weighted by molar-refractivity contribution is 9.10. The molecule has 1 aromatic carbocycles. The number of hydrogen-bond acceptors (Lipinski definition) is 1. The SMILES string of the molecule is CC1CCC(N)(Cc2cccc(Br)c2)C(C)C1. The van der Waals surface area contributed by atoms with Crippen molar-refractivity contribution in [3.05, 3.63) is 34.3 Å². The number of halogens is 1. The highest BCUT2D eigenvalue weighted by Gasteiger charge is 2.36. The zero-order valence-electron chi connectivity index (χ0n) is 10.7. The first-order valence-corrected chi connectivity index (χ1v) is 7.32. The highest BCUT2D eigenvalue weighted by atomic mass is 79.9. The molecule has 0 amide bonds. The summed E-state index contributed by atoms with van der Waals surface area (Å²) in [5, 5.41) is 0. The third kappa shape index (κ3) is 3.11. The maximum Gasteiger partial charge on any atom is 0.0221 e. The largest absolute Gasteiger partial charge is 0.325 e. The average Bonchev–Trinajstić information content (AvgIpc) is 2.25. The number of benzene rings is 1. The molecule has 3 unspecified atom stereocenters. The molecular formula is C15H22BrN. The molecule has 94 valence electrons. The number of hydrogen-bond donors (Lipinski definition) is 1. The van der Waals surface area contributed by atoms with Crippen LogP contribution >= 0.6 is 15.9 Å². The van der Waals surface area contributed by atoms with Gasteiger partial charge in [-0.05, 0) is 55.2 Å². The Labute approximate surface area is 113 Å². The van der Waals surface area contributed by atoms with E-state index in [0.717, 1.165) is 23.2 Å². The monoisotopic (exact) mass is 295 g/mol. The van der Waals surface area contributed by atoms with E-state index >= 15 is 0 Å². The van der Waals surface area contributed by atoms with E-state index in [2.05, 4.69) is 54.0 Å². The van der Waals surface area contributed by atoms with Gasteiger partial charge in [-0.1, -0.05) is 41.9 Å². The maximum absolute atomic E-state index is 6.63. The van der Waals surface area contributed by atoms with E-state index < -0.39 is 0 Å². The second kappa shape index (κ2) is 5.11. The van der Waals surface area contributed by atoms with Crippen molar-refractivity contribution in [1.29, 1.82) is 0 Å². The van der Waals surface area contributed by atoms with Crippen molar-refractivity contribution in [1.82, 2.24) is 0 Å². The molecule has 1 aromatic rings. The minimum absolute atomic E-state index is 0.00664. The van der Waals surface area contributed by atoms with E-state index in [-0.39, 0.29) is 5.54 Å². The van der Waals surface area contributed by atoms with Crippen LogP contribution in [-0.4, -0.2) is 5.54 Å². The average molecular weight is 296 g/mol. The van der Waals surface area contributed by atoms with Crippen LogP contribution in [-0.2, 0) is 6.42 Å². The summed E-state index contributed by atoms with van der Waals surface area (Å²) in [7, 11) is 0.